The molecular formula is C14H17NO2. The fraction of sp³-hybridized carbons (Fsp3) is 0.357. The molecule has 1 heterocycles. The summed E-state index contributed by atoms with van der Waals surface area (Å²) in [6.07, 6.45) is 1.07. The van der Waals surface area contributed by atoms with E-state index in [-0.39, 0.29) is 5.78 Å². The molecule has 0 aliphatic carbocycles. The number of nitrogens with one attached hydrogen (secondary N) is 1. The monoisotopic (exact) mass is 231 g/mol. The first kappa shape index (κ1) is 11.7. The number of aryl methyl sites for hydroxylation is 1. The lowest BCUT2D eigenvalue weighted by Gasteiger charge is -2.02. The molecule has 3 nitrogen and oxygen atoms in total. The summed E-state index contributed by atoms with van der Waals surface area (Å²) in [6, 6.07) is 5.89. The number of ether oxygens (including phenoxy) is 1. The molecule has 17 heavy (non-hydrogen) atoms. The van der Waals surface area contributed by atoms with Crippen LogP contribution in [0.1, 0.15) is 24.6 Å². The third-order valence-corrected chi connectivity index (χ3v) is 3.09. The third-order valence-electron chi connectivity index (χ3n) is 3.09. The maximum absolute atomic E-state index is 11.6. The average molecular weight is 231 g/mol. The molecular weight excluding hydrogens is 214 g/mol. The number of carbonyl (C=O) groups is 1. The van der Waals surface area contributed by atoms with Crippen LogP contribution in [0.4, 0.5) is 0 Å². The van der Waals surface area contributed by atoms with E-state index in [0.717, 1.165) is 27.9 Å². The first-order chi connectivity index (χ1) is 8.15. The van der Waals surface area contributed by atoms with Crippen molar-refractivity contribution in [1.29, 1.82) is 0 Å². The van der Waals surface area contributed by atoms with Crippen LogP contribution in [0.15, 0.2) is 18.2 Å². The summed E-state index contributed by atoms with van der Waals surface area (Å²) in [5.41, 5.74) is 3.21. The first-order valence-electron chi connectivity index (χ1n) is 5.82. The SMILES string of the molecule is CCC(=O)Cc1c(C)[nH]c2ccc(OC)cc12. The maximum atomic E-state index is 11.6. The lowest BCUT2D eigenvalue weighted by atomic mass is 10.0. The van der Waals surface area contributed by atoms with Crippen LogP contribution < -0.4 is 4.74 Å². The summed E-state index contributed by atoms with van der Waals surface area (Å²) in [5.74, 6) is 1.08. The van der Waals surface area contributed by atoms with Gasteiger partial charge in [0.1, 0.15) is 11.5 Å². The Balaban J connectivity index is 2.52. The molecule has 3 heteroatoms. The number of methoxy groups -OCH3 is 1. The van der Waals surface area contributed by atoms with Crippen molar-refractivity contribution in [3.63, 3.8) is 0 Å². The number of hydrogen-bond acceptors (Lipinski definition) is 2. The molecule has 1 aromatic carbocycles. The van der Waals surface area contributed by atoms with E-state index in [2.05, 4.69) is 4.98 Å². The Morgan fingerprint density at radius 2 is 2.18 bits per heavy atom. The van der Waals surface area contributed by atoms with Gasteiger partial charge in [0.05, 0.1) is 7.11 Å². The van der Waals surface area contributed by atoms with Gasteiger partial charge >= 0.3 is 0 Å². The smallest absolute Gasteiger partial charge is 0.137 e. The van der Waals surface area contributed by atoms with E-state index in [1.807, 2.05) is 32.0 Å². The van der Waals surface area contributed by atoms with Gasteiger partial charge < -0.3 is 9.72 Å². The highest BCUT2D eigenvalue weighted by Crippen LogP contribution is 2.26. The maximum Gasteiger partial charge on any atom is 0.137 e. The van der Waals surface area contributed by atoms with Crippen LogP contribution in [0.3, 0.4) is 0 Å². The third kappa shape index (κ3) is 2.18. The van der Waals surface area contributed by atoms with Crippen molar-refractivity contribution in [2.24, 2.45) is 0 Å². The van der Waals surface area contributed by atoms with Gasteiger partial charge in [-0.15, -0.1) is 0 Å². The van der Waals surface area contributed by atoms with E-state index in [1.54, 1.807) is 7.11 Å². The largest absolute Gasteiger partial charge is 0.497 e. The second kappa shape index (κ2) is 4.62. The minimum absolute atomic E-state index is 0.261. The normalized spacial score (nSPS) is 10.8. The van der Waals surface area contributed by atoms with Gasteiger partial charge in [0, 0.05) is 29.4 Å². The van der Waals surface area contributed by atoms with E-state index in [9.17, 15) is 4.79 Å². The zero-order chi connectivity index (χ0) is 12.4. The van der Waals surface area contributed by atoms with Gasteiger partial charge in [-0.2, -0.15) is 0 Å². The molecule has 0 saturated heterocycles. The molecule has 0 atom stereocenters. The summed E-state index contributed by atoms with van der Waals surface area (Å²) in [5, 5.41) is 1.09. The summed E-state index contributed by atoms with van der Waals surface area (Å²) in [4.78, 5) is 14.9. The zero-order valence-corrected chi connectivity index (χ0v) is 10.5. The standard InChI is InChI=1S/C14H17NO2/c1-4-10(16)7-12-9(2)15-14-6-5-11(17-3)8-13(12)14/h5-6,8,15H,4,7H2,1-3H3. The number of ketones is 1. The van der Waals surface area contributed by atoms with E-state index in [0.29, 0.717) is 12.8 Å². The molecule has 90 valence electrons. The number of aromatic nitrogens is 1. The molecule has 0 saturated carbocycles. The van der Waals surface area contributed by atoms with Gasteiger partial charge in [0.25, 0.3) is 0 Å². The molecule has 0 amide bonds. The van der Waals surface area contributed by atoms with E-state index in [1.165, 1.54) is 0 Å². The fourth-order valence-corrected chi connectivity index (χ4v) is 2.04. The molecule has 1 N–H and O–H groups in total. The summed E-state index contributed by atoms with van der Waals surface area (Å²) in [7, 11) is 1.65. The Labute approximate surface area is 101 Å². The lowest BCUT2D eigenvalue weighted by molar-refractivity contribution is -0.118. The Kier molecular flexibility index (Phi) is 3.18. The van der Waals surface area contributed by atoms with Gasteiger partial charge in [-0.25, -0.2) is 0 Å². The number of H-pyrrole nitrogens is 1. The highest BCUT2D eigenvalue weighted by Gasteiger charge is 2.12. The summed E-state index contributed by atoms with van der Waals surface area (Å²) in [6.45, 7) is 3.90. The zero-order valence-electron chi connectivity index (χ0n) is 10.5. The minimum Gasteiger partial charge on any atom is -0.497 e. The van der Waals surface area contributed by atoms with Crippen LogP contribution in [-0.2, 0) is 11.2 Å². The van der Waals surface area contributed by atoms with Crippen LogP contribution >= 0.6 is 0 Å². The number of fused-ring (bicyclic) bond motifs is 1. The molecule has 0 unspecified atom stereocenters. The predicted octanol–water partition coefficient (Wildman–Crippen LogP) is 3.01. The Morgan fingerprint density at radius 3 is 2.82 bits per heavy atom. The number of aromatic amines is 1. The first-order valence-corrected chi connectivity index (χ1v) is 5.82. The van der Waals surface area contributed by atoms with Crippen molar-refractivity contribution in [1.82, 2.24) is 4.98 Å². The van der Waals surface area contributed by atoms with Gasteiger partial charge in [-0.05, 0) is 30.7 Å². The van der Waals surface area contributed by atoms with Crippen LogP contribution in [0, 0.1) is 6.92 Å². The molecule has 0 bridgehead atoms. The molecule has 0 fully saturated rings. The minimum atomic E-state index is 0.261. The van der Waals surface area contributed by atoms with E-state index < -0.39 is 0 Å². The quantitative estimate of drug-likeness (QED) is 0.878. The van der Waals surface area contributed by atoms with Crippen LogP contribution in [-0.4, -0.2) is 17.9 Å². The second-order valence-electron chi connectivity index (χ2n) is 4.21. The highest BCUT2D eigenvalue weighted by molar-refractivity contribution is 5.91. The van der Waals surface area contributed by atoms with Gasteiger partial charge in [-0.3, -0.25) is 4.79 Å². The van der Waals surface area contributed by atoms with Crippen molar-refractivity contribution in [2.75, 3.05) is 7.11 Å². The van der Waals surface area contributed by atoms with Crippen molar-refractivity contribution in [3.8, 4) is 5.75 Å². The lowest BCUT2D eigenvalue weighted by Crippen LogP contribution is -2.01. The summed E-state index contributed by atoms with van der Waals surface area (Å²) < 4.78 is 5.22. The topological polar surface area (TPSA) is 42.1 Å². The Morgan fingerprint density at radius 1 is 1.41 bits per heavy atom. The number of Topliss-reactive ketones (excluding diaryl/α,β-unsaturated/α-hetero) is 1. The average Bonchev–Trinajstić information content (AvgIpc) is 2.65. The van der Waals surface area contributed by atoms with Crippen LogP contribution in [0.2, 0.25) is 0 Å². The van der Waals surface area contributed by atoms with Gasteiger partial charge in [0.2, 0.25) is 0 Å². The number of rotatable bonds is 4. The molecule has 0 aliphatic rings. The predicted molar refractivity (Wildman–Crippen MR) is 68.6 cm³/mol. The molecule has 2 aromatic rings. The van der Waals surface area contributed by atoms with Crippen molar-refractivity contribution < 1.29 is 9.53 Å². The van der Waals surface area contributed by atoms with Gasteiger partial charge in [-0.1, -0.05) is 6.92 Å². The van der Waals surface area contributed by atoms with Crippen molar-refractivity contribution in [2.45, 2.75) is 26.7 Å². The fourth-order valence-electron chi connectivity index (χ4n) is 2.04. The van der Waals surface area contributed by atoms with Crippen LogP contribution in [0.5, 0.6) is 5.75 Å². The number of benzene rings is 1. The highest BCUT2D eigenvalue weighted by atomic mass is 16.5. The molecule has 0 radical (unpaired) electrons. The molecule has 0 aliphatic heterocycles. The Hall–Kier alpha value is -1.77. The summed E-state index contributed by atoms with van der Waals surface area (Å²) >= 11 is 0. The number of hydrogen-bond donors (Lipinski definition) is 1. The van der Waals surface area contributed by atoms with E-state index in [4.69, 9.17) is 4.74 Å². The van der Waals surface area contributed by atoms with Crippen molar-refractivity contribution in [3.05, 3.63) is 29.5 Å². The van der Waals surface area contributed by atoms with Crippen LogP contribution in [0.25, 0.3) is 10.9 Å². The van der Waals surface area contributed by atoms with E-state index >= 15 is 0 Å². The Bertz CT molecular complexity index is 555. The second-order valence-corrected chi connectivity index (χ2v) is 4.21. The van der Waals surface area contributed by atoms with Gasteiger partial charge in [0.15, 0.2) is 0 Å². The van der Waals surface area contributed by atoms with Crippen molar-refractivity contribution >= 4 is 16.7 Å². The molecule has 2 rings (SSSR count). The molecule has 0 spiro atoms. The molecule has 1 aromatic heterocycles. The number of carbonyl (C=O) groups excluding carboxylic acids is 1.